The van der Waals surface area contributed by atoms with E-state index in [2.05, 4.69) is 24.1 Å². The number of ether oxygens (including phenoxy) is 1. The number of nitrogens with zero attached hydrogens (tertiary/aromatic N) is 1. The molecular weight excluding hydrogens is 252 g/mol. The fourth-order valence-corrected chi connectivity index (χ4v) is 3.02. The summed E-state index contributed by atoms with van der Waals surface area (Å²) >= 11 is 0. The van der Waals surface area contributed by atoms with Crippen LogP contribution in [0.25, 0.3) is 0 Å². The molecule has 1 aromatic heterocycles. The van der Waals surface area contributed by atoms with E-state index in [1.54, 1.807) is 6.20 Å². The number of aromatic nitrogens is 1. The summed E-state index contributed by atoms with van der Waals surface area (Å²) in [6.45, 7) is 5.16. The van der Waals surface area contributed by atoms with Crippen molar-refractivity contribution in [3.05, 3.63) is 18.3 Å². The predicted octanol–water partition coefficient (Wildman–Crippen LogP) is 3.22. The van der Waals surface area contributed by atoms with Gasteiger partial charge in [0.1, 0.15) is 0 Å². The molecule has 1 aliphatic carbocycles. The first-order chi connectivity index (χ1) is 9.69. The maximum absolute atomic E-state index is 9.86. The second kappa shape index (κ2) is 6.93. The van der Waals surface area contributed by atoms with Crippen LogP contribution in [0.3, 0.4) is 0 Å². The molecule has 0 spiro atoms. The molecule has 0 bridgehead atoms. The van der Waals surface area contributed by atoms with Gasteiger partial charge < -0.3 is 15.2 Å². The van der Waals surface area contributed by atoms with Crippen LogP contribution in [0.4, 0.5) is 5.82 Å². The fourth-order valence-electron chi connectivity index (χ4n) is 3.02. The summed E-state index contributed by atoms with van der Waals surface area (Å²) in [4.78, 5) is 4.40. The number of pyridine rings is 1. The van der Waals surface area contributed by atoms with Crippen molar-refractivity contribution in [1.82, 2.24) is 4.98 Å². The van der Waals surface area contributed by atoms with Crippen molar-refractivity contribution >= 4 is 5.82 Å². The highest BCUT2D eigenvalue weighted by molar-refractivity contribution is 5.51. The average molecular weight is 278 g/mol. The van der Waals surface area contributed by atoms with Crippen molar-refractivity contribution in [2.24, 2.45) is 5.92 Å². The SMILES string of the molecule is CCCOc1cccnc1NC1(CO)CCCC(C)C1. The lowest BCUT2D eigenvalue weighted by Gasteiger charge is -2.40. The standard InChI is InChI=1S/C16H26N2O2/c1-3-10-20-14-7-5-9-17-15(14)18-16(12-19)8-4-6-13(2)11-16/h5,7,9,13,19H,3-4,6,8,10-12H2,1-2H3,(H,17,18). The first-order valence-corrected chi connectivity index (χ1v) is 7.66. The van der Waals surface area contributed by atoms with Crippen LogP contribution in [-0.2, 0) is 0 Å². The molecule has 0 saturated heterocycles. The van der Waals surface area contributed by atoms with Crippen LogP contribution in [-0.4, -0.2) is 28.8 Å². The third-order valence-corrected chi connectivity index (χ3v) is 4.01. The van der Waals surface area contributed by atoms with Gasteiger partial charge >= 0.3 is 0 Å². The number of hydrogen-bond donors (Lipinski definition) is 2. The van der Waals surface area contributed by atoms with Crippen LogP contribution in [0.15, 0.2) is 18.3 Å². The Labute approximate surface area is 121 Å². The predicted molar refractivity (Wildman–Crippen MR) is 81.1 cm³/mol. The molecule has 2 N–H and O–H groups in total. The minimum absolute atomic E-state index is 0.140. The van der Waals surface area contributed by atoms with Crippen molar-refractivity contribution < 1.29 is 9.84 Å². The van der Waals surface area contributed by atoms with Crippen molar-refractivity contribution in [1.29, 1.82) is 0 Å². The van der Waals surface area contributed by atoms with E-state index in [-0.39, 0.29) is 12.1 Å². The molecule has 20 heavy (non-hydrogen) atoms. The van der Waals surface area contributed by atoms with E-state index in [1.807, 2.05) is 12.1 Å². The maximum atomic E-state index is 9.86. The Morgan fingerprint density at radius 1 is 1.55 bits per heavy atom. The summed E-state index contributed by atoms with van der Waals surface area (Å²) in [6, 6.07) is 3.81. The van der Waals surface area contributed by atoms with Crippen LogP contribution in [0, 0.1) is 5.92 Å². The van der Waals surface area contributed by atoms with E-state index in [0.29, 0.717) is 12.5 Å². The summed E-state index contributed by atoms with van der Waals surface area (Å²) in [6.07, 6.45) is 7.08. The molecule has 2 rings (SSSR count). The number of rotatable bonds is 6. The molecule has 0 radical (unpaired) electrons. The van der Waals surface area contributed by atoms with Crippen molar-refractivity contribution in [2.45, 2.75) is 51.5 Å². The van der Waals surface area contributed by atoms with Crippen molar-refractivity contribution in [3.8, 4) is 5.75 Å². The van der Waals surface area contributed by atoms with E-state index < -0.39 is 0 Å². The molecule has 1 heterocycles. The molecular formula is C16H26N2O2. The first-order valence-electron chi connectivity index (χ1n) is 7.66. The van der Waals surface area contributed by atoms with Crippen molar-refractivity contribution in [2.75, 3.05) is 18.5 Å². The molecule has 1 aliphatic rings. The third-order valence-electron chi connectivity index (χ3n) is 4.01. The molecule has 1 saturated carbocycles. The summed E-state index contributed by atoms with van der Waals surface area (Å²) in [5, 5.41) is 13.3. The zero-order chi connectivity index (χ0) is 14.4. The molecule has 2 unspecified atom stereocenters. The Morgan fingerprint density at radius 2 is 2.40 bits per heavy atom. The molecule has 1 aromatic rings. The second-order valence-corrected chi connectivity index (χ2v) is 5.96. The summed E-state index contributed by atoms with van der Waals surface area (Å²) < 4.78 is 5.74. The van der Waals surface area contributed by atoms with Gasteiger partial charge in [-0.3, -0.25) is 0 Å². The zero-order valence-corrected chi connectivity index (χ0v) is 12.6. The van der Waals surface area contributed by atoms with Crippen LogP contribution in [0.1, 0.15) is 46.0 Å². The van der Waals surface area contributed by atoms with Gasteiger partial charge in [0.2, 0.25) is 0 Å². The number of hydrogen-bond acceptors (Lipinski definition) is 4. The van der Waals surface area contributed by atoms with Crippen molar-refractivity contribution in [3.63, 3.8) is 0 Å². The normalized spacial score (nSPS) is 26.2. The Morgan fingerprint density at radius 3 is 3.10 bits per heavy atom. The average Bonchev–Trinajstić information content (AvgIpc) is 2.46. The van der Waals surface area contributed by atoms with Crippen LogP contribution >= 0.6 is 0 Å². The van der Waals surface area contributed by atoms with Crippen LogP contribution in [0.5, 0.6) is 5.75 Å². The smallest absolute Gasteiger partial charge is 0.169 e. The summed E-state index contributed by atoms with van der Waals surface area (Å²) in [7, 11) is 0. The maximum Gasteiger partial charge on any atom is 0.169 e. The minimum atomic E-state index is -0.254. The van der Waals surface area contributed by atoms with Gasteiger partial charge in [0.05, 0.1) is 18.8 Å². The van der Waals surface area contributed by atoms with E-state index in [0.717, 1.165) is 37.3 Å². The topological polar surface area (TPSA) is 54.4 Å². The van der Waals surface area contributed by atoms with Gasteiger partial charge in [0.15, 0.2) is 11.6 Å². The molecule has 112 valence electrons. The Kier molecular flexibility index (Phi) is 5.24. The summed E-state index contributed by atoms with van der Waals surface area (Å²) in [5.74, 6) is 2.16. The lowest BCUT2D eigenvalue weighted by Crippen LogP contribution is -2.46. The van der Waals surface area contributed by atoms with Gasteiger partial charge in [-0.25, -0.2) is 4.98 Å². The molecule has 0 aliphatic heterocycles. The Balaban J connectivity index is 2.14. The van der Waals surface area contributed by atoms with E-state index in [4.69, 9.17) is 4.74 Å². The quantitative estimate of drug-likeness (QED) is 0.839. The monoisotopic (exact) mass is 278 g/mol. The second-order valence-electron chi connectivity index (χ2n) is 5.96. The number of aliphatic hydroxyl groups excluding tert-OH is 1. The van der Waals surface area contributed by atoms with E-state index >= 15 is 0 Å². The molecule has 4 nitrogen and oxygen atoms in total. The highest BCUT2D eigenvalue weighted by Gasteiger charge is 2.35. The molecule has 0 aromatic carbocycles. The zero-order valence-electron chi connectivity index (χ0n) is 12.6. The molecule has 1 fully saturated rings. The largest absolute Gasteiger partial charge is 0.490 e. The number of anilines is 1. The first kappa shape index (κ1) is 15.1. The highest BCUT2D eigenvalue weighted by atomic mass is 16.5. The number of aliphatic hydroxyl groups is 1. The Hall–Kier alpha value is -1.29. The highest BCUT2D eigenvalue weighted by Crippen LogP contribution is 2.36. The van der Waals surface area contributed by atoms with Gasteiger partial charge in [0, 0.05) is 6.20 Å². The van der Waals surface area contributed by atoms with Gasteiger partial charge in [-0.2, -0.15) is 0 Å². The summed E-state index contributed by atoms with van der Waals surface area (Å²) in [5.41, 5.74) is -0.254. The molecule has 0 amide bonds. The van der Waals surface area contributed by atoms with Gasteiger partial charge in [-0.15, -0.1) is 0 Å². The van der Waals surface area contributed by atoms with Gasteiger partial charge in [-0.1, -0.05) is 26.7 Å². The van der Waals surface area contributed by atoms with Crippen LogP contribution in [0.2, 0.25) is 0 Å². The minimum Gasteiger partial charge on any atom is -0.490 e. The number of nitrogens with one attached hydrogen (secondary N) is 1. The lowest BCUT2D eigenvalue weighted by atomic mass is 9.77. The Bertz CT molecular complexity index is 425. The third kappa shape index (κ3) is 3.63. The van der Waals surface area contributed by atoms with Gasteiger partial charge in [-0.05, 0) is 37.3 Å². The molecule has 2 atom stereocenters. The fraction of sp³-hybridized carbons (Fsp3) is 0.688. The lowest BCUT2D eigenvalue weighted by molar-refractivity contribution is 0.149. The van der Waals surface area contributed by atoms with E-state index in [9.17, 15) is 5.11 Å². The van der Waals surface area contributed by atoms with Crippen LogP contribution < -0.4 is 10.1 Å². The van der Waals surface area contributed by atoms with E-state index in [1.165, 1.54) is 6.42 Å². The molecule has 4 heteroatoms. The van der Waals surface area contributed by atoms with Gasteiger partial charge in [0.25, 0.3) is 0 Å².